The summed E-state index contributed by atoms with van der Waals surface area (Å²) in [7, 11) is 0. The number of hydrogen-bond acceptors (Lipinski definition) is 3. The van der Waals surface area contributed by atoms with Crippen LogP contribution in [0.2, 0.25) is 0 Å². The molecule has 2 fully saturated rings. The molecule has 0 aliphatic heterocycles. The second kappa shape index (κ2) is 5.76. The van der Waals surface area contributed by atoms with E-state index in [4.69, 9.17) is 9.84 Å². The third kappa shape index (κ3) is 3.17. The first-order valence-electron chi connectivity index (χ1n) is 7.44. The number of carbonyl (C=O) groups is 2. The second-order valence-electron chi connectivity index (χ2n) is 5.80. The van der Waals surface area contributed by atoms with E-state index in [2.05, 4.69) is 5.32 Å². The Morgan fingerprint density at radius 2 is 1.86 bits per heavy atom. The van der Waals surface area contributed by atoms with E-state index >= 15 is 0 Å². The van der Waals surface area contributed by atoms with Gasteiger partial charge < -0.3 is 15.2 Å². The van der Waals surface area contributed by atoms with E-state index in [-0.39, 0.29) is 12.0 Å². The molecule has 0 bridgehead atoms. The maximum atomic E-state index is 12.0. The first-order chi connectivity index (χ1) is 10.1. The molecule has 0 spiro atoms. The second-order valence-corrected chi connectivity index (χ2v) is 5.80. The summed E-state index contributed by atoms with van der Waals surface area (Å²) in [5.41, 5.74) is 0.630. The molecule has 5 nitrogen and oxygen atoms in total. The number of anilines is 1. The maximum absolute atomic E-state index is 12.0. The van der Waals surface area contributed by atoms with Crippen molar-refractivity contribution >= 4 is 17.6 Å². The van der Waals surface area contributed by atoms with Gasteiger partial charge in [-0.2, -0.15) is 0 Å². The smallest absolute Gasteiger partial charge is 0.307 e. The normalized spacial score (nSPS) is 24.6. The van der Waals surface area contributed by atoms with Gasteiger partial charge in [0, 0.05) is 0 Å². The number of carboxylic acid groups (broad SMARTS) is 1. The Kier molecular flexibility index (Phi) is 3.82. The van der Waals surface area contributed by atoms with Crippen LogP contribution >= 0.6 is 0 Å². The lowest BCUT2D eigenvalue weighted by atomic mass is 10.2. The van der Waals surface area contributed by atoms with Gasteiger partial charge in [0.05, 0.1) is 23.6 Å². The minimum atomic E-state index is -0.898. The lowest BCUT2D eigenvalue weighted by Crippen LogP contribution is -2.18. The highest BCUT2D eigenvalue weighted by Gasteiger charge is 2.48. The monoisotopic (exact) mass is 289 g/mol. The highest BCUT2D eigenvalue weighted by molar-refractivity contribution is 5.99. The van der Waals surface area contributed by atoms with Crippen molar-refractivity contribution in [1.82, 2.24) is 0 Å². The number of carboxylic acids is 1. The van der Waals surface area contributed by atoms with Gasteiger partial charge in [0.1, 0.15) is 5.75 Å². The van der Waals surface area contributed by atoms with Crippen LogP contribution < -0.4 is 10.1 Å². The highest BCUT2D eigenvalue weighted by Crippen LogP contribution is 2.40. The molecule has 0 aromatic heterocycles. The van der Waals surface area contributed by atoms with E-state index in [1.165, 1.54) is 12.8 Å². The van der Waals surface area contributed by atoms with Crippen LogP contribution in [0.15, 0.2) is 24.3 Å². The van der Waals surface area contributed by atoms with Gasteiger partial charge in [0.25, 0.3) is 0 Å². The highest BCUT2D eigenvalue weighted by atomic mass is 16.5. The number of aliphatic carboxylic acids is 1. The Hall–Kier alpha value is -2.04. The molecule has 1 amide bonds. The number of hydrogen-bond donors (Lipinski definition) is 2. The Labute approximate surface area is 123 Å². The van der Waals surface area contributed by atoms with Crippen LogP contribution in [0, 0.1) is 11.8 Å². The zero-order valence-electron chi connectivity index (χ0n) is 11.7. The van der Waals surface area contributed by atoms with Crippen LogP contribution in [-0.2, 0) is 9.59 Å². The summed E-state index contributed by atoms with van der Waals surface area (Å²) in [4.78, 5) is 22.9. The molecule has 2 unspecified atom stereocenters. The number of ether oxygens (including phenoxy) is 1. The molecule has 112 valence electrons. The molecule has 2 aliphatic carbocycles. The Bertz CT molecular complexity index is 551. The molecule has 1 aromatic carbocycles. The molecular weight excluding hydrogens is 270 g/mol. The summed E-state index contributed by atoms with van der Waals surface area (Å²) >= 11 is 0. The van der Waals surface area contributed by atoms with Crippen LogP contribution in [-0.4, -0.2) is 23.1 Å². The first kappa shape index (κ1) is 13.9. The summed E-state index contributed by atoms with van der Waals surface area (Å²) in [5.74, 6) is -1.41. The third-order valence-corrected chi connectivity index (χ3v) is 4.19. The number of amides is 1. The molecule has 1 aromatic rings. The van der Waals surface area contributed by atoms with Gasteiger partial charge in [-0.05, 0) is 44.2 Å². The molecule has 3 rings (SSSR count). The van der Waals surface area contributed by atoms with Crippen molar-refractivity contribution < 1.29 is 19.4 Å². The first-order valence-corrected chi connectivity index (χ1v) is 7.44. The summed E-state index contributed by atoms with van der Waals surface area (Å²) in [6.07, 6.45) is 5.10. The molecule has 5 heteroatoms. The van der Waals surface area contributed by atoms with Gasteiger partial charge in [-0.1, -0.05) is 12.1 Å². The number of benzene rings is 1. The molecule has 0 saturated heterocycles. The summed E-state index contributed by atoms with van der Waals surface area (Å²) in [6, 6.07) is 7.34. The molecule has 2 atom stereocenters. The van der Waals surface area contributed by atoms with Crippen molar-refractivity contribution in [3.8, 4) is 5.75 Å². The zero-order chi connectivity index (χ0) is 14.8. The van der Waals surface area contributed by atoms with Gasteiger partial charge in [-0.3, -0.25) is 9.59 Å². The number of rotatable bonds is 5. The van der Waals surface area contributed by atoms with E-state index in [9.17, 15) is 9.59 Å². The standard InChI is InChI=1S/C16H19NO4/c18-15(11-9-12(11)16(19)20)17-13-7-3-4-8-14(13)21-10-5-1-2-6-10/h3-4,7-8,10-12H,1-2,5-6,9H2,(H,17,18)(H,19,20). The fourth-order valence-electron chi connectivity index (χ4n) is 2.84. The molecule has 2 saturated carbocycles. The quantitative estimate of drug-likeness (QED) is 0.873. The maximum Gasteiger partial charge on any atom is 0.307 e. The van der Waals surface area contributed by atoms with E-state index in [1.54, 1.807) is 6.07 Å². The lowest BCUT2D eigenvalue weighted by molar-refractivity contribution is -0.139. The van der Waals surface area contributed by atoms with Crippen molar-refractivity contribution in [3.05, 3.63) is 24.3 Å². The molecule has 21 heavy (non-hydrogen) atoms. The Morgan fingerprint density at radius 1 is 1.14 bits per heavy atom. The predicted molar refractivity (Wildman–Crippen MR) is 77.2 cm³/mol. The Balaban J connectivity index is 1.65. The van der Waals surface area contributed by atoms with Gasteiger partial charge in [0.15, 0.2) is 0 Å². The van der Waals surface area contributed by atoms with Crippen LogP contribution in [0.4, 0.5) is 5.69 Å². The van der Waals surface area contributed by atoms with Gasteiger partial charge in [0.2, 0.25) is 5.91 Å². The van der Waals surface area contributed by atoms with Crippen molar-refractivity contribution in [2.75, 3.05) is 5.32 Å². The zero-order valence-corrected chi connectivity index (χ0v) is 11.7. The molecular formula is C16H19NO4. The van der Waals surface area contributed by atoms with Crippen molar-refractivity contribution in [2.45, 2.75) is 38.2 Å². The van der Waals surface area contributed by atoms with E-state index < -0.39 is 17.8 Å². The minimum Gasteiger partial charge on any atom is -0.488 e. The number of para-hydroxylation sites is 2. The summed E-state index contributed by atoms with van der Waals surface area (Å²) < 4.78 is 5.95. The fourth-order valence-corrected chi connectivity index (χ4v) is 2.84. The summed E-state index contributed by atoms with van der Waals surface area (Å²) in [6.45, 7) is 0. The average Bonchev–Trinajstić information content (AvgIpc) is 3.12. The lowest BCUT2D eigenvalue weighted by Gasteiger charge is -2.16. The van der Waals surface area contributed by atoms with E-state index in [0.29, 0.717) is 17.9 Å². The predicted octanol–water partition coefficient (Wildman–Crippen LogP) is 2.67. The van der Waals surface area contributed by atoms with E-state index in [0.717, 1.165) is 12.8 Å². The Morgan fingerprint density at radius 3 is 2.52 bits per heavy atom. The number of carbonyl (C=O) groups excluding carboxylic acids is 1. The SMILES string of the molecule is O=C(O)C1CC1C(=O)Nc1ccccc1OC1CCCC1. The topological polar surface area (TPSA) is 75.6 Å². The average molecular weight is 289 g/mol. The minimum absolute atomic E-state index is 0.218. The van der Waals surface area contributed by atoms with E-state index in [1.807, 2.05) is 18.2 Å². The van der Waals surface area contributed by atoms with Crippen LogP contribution in [0.1, 0.15) is 32.1 Å². The van der Waals surface area contributed by atoms with Crippen molar-refractivity contribution in [1.29, 1.82) is 0 Å². The molecule has 2 aliphatic rings. The molecule has 2 N–H and O–H groups in total. The third-order valence-electron chi connectivity index (χ3n) is 4.19. The van der Waals surface area contributed by atoms with Crippen LogP contribution in [0.25, 0.3) is 0 Å². The molecule has 0 radical (unpaired) electrons. The molecule has 0 heterocycles. The van der Waals surface area contributed by atoms with Crippen LogP contribution in [0.3, 0.4) is 0 Å². The number of nitrogens with one attached hydrogen (secondary N) is 1. The van der Waals surface area contributed by atoms with Gasteiger partial charge >= 0.3 is 5.97 Å². The summed E-state index contributed by atoms with van der Waals surface area (Å²) in [5, 5.41) is 11.7. The van der Waals surface area contributed by atoms with Crippen molar-refractivity contribution in [2.24, 2.45) is 11.8 Å². The fraction of sp³-hybridized carbons (Fsp3) is 0.500. The van der Waals surface area contributed by atoms with Crippen molar-refractivity contribution in [3.63, 3.8) is 0 Å². The van der Waals surface area contributed by atoms with Crippen LogP contribution in [0.5, 0.6) is 5.75 Å². The van der Waals surface area contributed by atoms with Gasteiger partial charge in [-0.25, -0.2) is 0 Å². The van der Waals surface area contributed by atoms with Gasteiger partial charge in [-0.15, -0.1) is 0 Å². The largest absolute Gasteiger partial charge is 0.488 e.